The Hall–Kier alpha value is -5.09. The summed E-state index contributed by atoms with van der Waals surface area (Å²) in [6, 6.07) is 3.40. The highest BCUT2D eigenvalue weighted by molar-refractivity contribution is 6.05. The van der Waals surface area contributed by atoms with Gasteiger partial charge in [-0.15, -0.1) is 10.2 Å². The monoisotopic (exact) mass is 629 g/mol. The number of aromatic nitrogens is 4. The van der Waals surface area contributed by atoms with Gasteiger partial charge < -0.3 is 31.1 Å². The highest BCUT2D eigenvalue weighted by Crippen LogP contribution is 2.32. The van der Waals surface area contributed by atoms with Crippen LogP contribution in [-0.2, 0) is 41.7 Å². The van der Waals surface area contributed by atoms with Gasteiger partial charge in [0.2, 0.25) is 23.6 Å². The van der Waals surface area contributed by atoms with E-state index in [1.54, 1.807) is 58.9 Å². The van der Waals surface area contributed by atoms with E-state index in [1.807, 2.05) is 0 Å². The molecule has 4 atom stereocenters. The van der Waals surface area contributed by atoms with E-state index in [4.69, 9.17) is 4.74 Å². The third-order valence-corrected chi connectivity index (χ3v) is 6.96. The first-order valence-electron chi connectivity index (χ1n) is 14.4. The number of hydrogen-bond donors (Lipinski definition) is 6. The highest BCUT2D eigenvalue weighted by Gasteiger charge is 2.38. The number of para-hydroxylation sites is 1. The molecule has 0 radical (unpaired) electrons. The summed E-state index contributed by atoms with van der Waals surface area (Å²) < 4.78 is 5.07. The zero-order valence-corrected chi connectivity index (χ0v) is 25.7. The number of alkyl carbamates (subject to hydrolysis) is 1. The standard InChI is InChI=1S/C28H39N9O8/c1-6-15(2)23(32-21(38)12-17(26(42)43)31-27(44)45-28(3,4)5)25(41)30-14-22(39)37-18-10-8-7-9-16(18)11-19(37)24(40)29-13-20-33-35-36-34-20/h7-10,15,17,19,23H,6,11-14H2,1-5H3,(H,29,40)(H,30,41)(H,31,44)(H,32,38)(H,42,43)(H,33,34,35,36)/t15-,17-,19-,23?/m0/s1. The van der Waals surface area contributed by atoms with Gasteiger partial charge in [-0.25, -0.2) is 9.59 Å². The molecule has 0 spiro atoms. The molecule has 1 aliphatic rings. The van der Waals surface area contributed by atoms with Crippen molar-refractivity contribution in [3.63, 3.8) is 0 Å². The molecule has 1 aliphatic heterocycles. The molecule has 6 N–H and O–H groups in total. The van der Waals surface area contributed by atoms with Crippen LogP contribution in [0.2, 0.25) is 0 Å². The van der Waals surface area contributed by atoms with Crippen LogP contribution >= 0.6 is 0 Å². The molecule has 2 heterocycles. The fourth-order valence-corrected chi connectivity index (χ4v) is 4.57. The quantitative estimate of drug-likeness (QED) is 0.169. The number of rotatable bonds is 13. The van der Waals surface area contributed by atoms with Crippen LogP contribution < -0.4 is 26.2 Å². The fraction of sp³-hybridized carbons (Fsp3) is 0.536. The summed E-state index contributed by atoms with van der Waals surface area (Å²) in [7, 11) is 0. The van der Waals surface area contributed by atoms with Crippen molar-refractivity contribution in [2.45, 2.75) is 84.2 Å². The molecule has 17 heteroatoms. The van der Waals surface area contributed by atoms with Crippen molar-refractivity contribution >= 4 is 41.4 Å². The van der Waals surface area contributed by atoms with Crippen LogP contribution in [0.3, 0.4) is 0 Å². The van der Waals surface area contributed by atoms with Crippen molar-refractivity contribution < 1.29 is 38.6 Å². The van der Waals surface area contributed by atoms with E-state index in [-0.39, 0.29) is 18.8 Å². The lowest BCUT2D eigenvalue weighted by Gasteiger charge is -2.27. The summed E-state index contributed by atoms with van der Waals surface area (Å²) in [6.45, 7) is 7.82. The Labute approximate surface area is 259 Å². The number of aromatic amines is 1. The van der Waals surface area contributed by atoms with E-state index in [0.29, 0.717) is 12.1 Å². The minimum absolute atomic E-state index is 0.00669. The molecule has 3 rings (SSSR count). The van der Waals surface area contributed by atoms with Gasteiger partial charge in [0.25, 0.3) is 0 Å². The van der Waals surface area contributed by atoms with Crippen LogP contribution in [0.4, 0.5) is 10.5 Å². The second kappa shape index (κ2) is 15.1. The predicted octanol–water partition coefficient (Wildman–Crippen LogP) is -0.211. The molecule has 45 heavy (non-hydrogen) atoms. The minimum Gasteiger partial charge on any atom is -0.480 e. The summed E-state index contributed by atoms with van der Waals surface area (Å²) >= 11 is 0. The number of amides is 5. The van der Waals surface area contributed by atoms with Crippen molar-refractivity contribution in [3.8, 4) is 0 Å². The Morgan fingerprint density at radius 1 is 1.11 bits per heavy atom. The lowest BCUT2D eigenvalue weighted by molar-refractivity contribution is -0.141. The van der Waals surface area contributed by atoms with Crippen LogP contribution in [0.1, 0.15) is 58.8 Å². The molecule has 0 bridgehead atoms. The number of carbonyl (C=O) groups is 6. The number of ether oxygens (including phenoxy) is 1. The normalized spacial score (nSPS) is 16.0. The molecule has 1 aromatic heterocycles. The molecular formula is C28H39N9O8. The Morgan fingerprint density at radius 3 is 2.44 bits per heavy atom. The third-order valence-electron chi connectivity index (χ3n) is 6.96. The number of tetrazole rings is 1. The molecule has 2 aromatic rings. The van der Waals surface area contributed by atoms with Gasteiger partial charge in [-0.2, -0.15) is 5.21 Å². The summed E-state index contributed by atoms with van der Waals surface area (Å²) in [5, 5.41) is 32.7. The Morgan fingerprint density at radius 2 is 1.82 bits per heavy atom. The van der Waals surface area contributed by atoms with Crippen LogP contribution in [0.25, 0.3) is 0 Å². The van der Waals surface area contributed by atoms with E-state index in [2.05, 4.69) is 41.9 Å². The van der Waals surface area contributed by atoms with Gasteiger partial charge in [-0.05, 0) is 38.3 Å². The number of aliphatic carboxylic acids is 1. The van der Waals surface area contributed by atoms with Gasteiger partial charge in [-0.1, -0.05) is 43.7 Å². The maximum Gasteiger partial charge on any atom is 0.408 e. The van der Waals surface area contributed by atoms with Gasteiger partial charge in [0.1, 0.15) is 23.7 Å². The lowest BCUT2D eigenvalue weighted by atomic mass is 9.98. The second-order valence-corrected chi connectivity index (χ2v) is 11.5. The zero-order chi connectivity index (χ0) is 33.3. The highest BCUT2D eigenvalue weighted by atomic mass is 16.6. The largest absolute Gasteiger partial charge is 0.480 e. The number of hydrogen-bond acceptors (Lipinski definition) is 10. The first kappa shape index (κ1) is 34.4. The first-order valence-corrected chi connectivity index (χ1v) is 14.4. The van der Waals surface area contributed by atoms with Crippen molar-refractivity contribution in [3.05, 3.63) is 35.7 Å². The van der Waals surface area contributed by atoms with Crippen molar-refractivity contribution in [2.24, 2.45) is 5.92 Å². The minimum atomic E-state index is -1.61. The predicted molar refractivity (Wildman–Crippen MR) is 157 cm³/mol. The maximum absolute atomic E-state index is 13.5. The molecule has 17 nitrogen and oxygen atoms in total. The maximum atomic E-state index is 13.5. The number of benzene rings is 1. The zero-order valence-electron chi connectivity index (χ0n) is 25.7. The number of nitrogens with zero attached hydrogens (tertiary/aromatic N) is 4. The molecule has 0 aliphatic carbocycles. The van der Waals surface area contributed by atoms with Gasteiger partial charge in [0.15, 0.2) is 5.82 Å². The molecule has 0 saturated carbocycles. The average Bonchev–Trinajstić information content (AvgIpc) is 3.63. The molecule has 5 amide bonds. The number of carboxylic acids is 1. The number of nitrogens with one attached hydrogen (secondary N) is 5. The van der Waals surface area contributed by atoms with Crippen molar-refractivity contribution in [1.29, 1.82) is 0 Å². The summed E-state index contributed by atoms with van der Waals surface area (Å²) in [5.74, 6) is -4.10. The average molecular weight is 630 g/mol. The van der Waals surface area contributed by atoms with Crippen LogP contribution in [0.5, 0.6) is 0 Å². The van der Waals surface area contributed by atoms with Crippen LogP contribution in [-0.4, -0.2) is 91.7 Å². The summed E-state index contributed by atoms with van der Waals surface area (Å²) in [6.07, 6.45) is -0.962. The van der Waals surface area contributed by atoms with Gasteiger partial charge in [-0.3, -0.25) is 24.1 Å². The van der Waals surface area contributed by atoms with Gasteiger partial charge in [0.05, 0.1) is 19.5 Å². The summed E-state index contributed by atoms with van der Waals surface area (Å²) in [4.78, 5) is 77.7. The number of fused-ring (bicyclic) bond motifs is 1. The Kier molecular flexibility index (Phi) is 11.5. The fourth-order valence-electron chi connectivity index (χ4n) is 4.57. The molecular weight excluding hydrogens is 590 g/mol. The number of carbonyl (C=O) groups excluding carboxylic acids is 5. The first-order chi connectivity index (χ1) is 21.2. The lowest BCUT2D eigenvalue weighted by Crippen LogP contribution is -2.55. The van der Waals surface area contributed by atoms with E-state index in [1.165, 1.54) is 4.90 Å². The van der Waals surface area contributed by atoms with Crippen LogP contribution in [0, 0.1) is 5.92 Å². The SMILES string of the molecule is CC[C@H](C)C(NC(=O)C[C@H](NC(=O)OC(C)(C)C)C(=O)O)C(=O)NCC(=O)N1c2ccccc2C[C@H]1C(=O)NCc1nn[nH]n1. The second-order valence-electron chi connectivity index (χ2n) is 11.5. The molecule has 1 unspecified atom stereocenters. The smallest absolute Gasteiger partial charge is 0.408 e. The summed E-state index contributed by atoms with van der Waals surface area (Å²) in [5.41, 5.74) is 0.415. The Bertz CT molecular complexity index is 1390. The third kappa shape index (κ3) is 9.70. The molecule has 1 aromatic carbocycles. The van der Waals surface area contributed by atoms with Gasteiger partial charge >= 0.3 is 12.1 Å². The van der Waals surface area contributed by atoms with E-state index < -0.39 is 78.3 Å². The molecule has 244 valence electrons. The number of anilines is 1. The molecule has 0 fully saturated rings. The number of carboxylic acid groups (broad SMARTS) is 1. The molecule has 0 saturated heterocycles. The van der Waals surface area contributed by atoms with E-state index >= 15 is 0 Å². The van der Waals surface area contributed by atoms with Crippen molar-refractivity contribution in [1.82, 2.24) is 41.9 Å². The van der Waals surface area contributed by atoms with Gasteiger partial charge in [0, 0.05) is 12.1 Å². The van der Waals surface area contributed by atoms with E-state index in [0.717, 1.165) is 5.56 Å². The van der Waals surface area contributed by atoms with Crippen molar-refractivity contribution in [2.75, 3.05) is 11.4 Å². The van der Waals surface area contributed by atoms with Crippen LogP contribution in [0.15, 0.2) is 24.3 Å². The van der Waals surface area contributed by atoms with E-state index in [9.17, 15) is 33.9 Å². The number of H-pyrrole nitrogens is 1. The Balaban J connectivity index is 1.65. The topological polar surface area (TPSA) is 238 Å².